The molecule has 3 rings (SSSR count). The smallest absolute Gasteiger partial charge is 0.332 e. The second kappa shape index (κ2) is 5.34. The average Bonchev–Trinajstić information content (AvgIpc) is 2.95. The van der Waals surface area contributed by atoms with Crippen LogP contribution in [0.2, 0.25) is 5.02 Å². The van der Waals surface area contributed by atoms with Crippen molar-refractivity contribution in [1.82, 2.24) is 19.1 Å². The van der Waals surface area contributed by atoms with Crippen LogP contribution in [-0.4, -0.2) is 19.1 Å². The zero-order valence-electron chi connectivity index (χ0n) is 12.1. The molecule has 0 spiro atoms. The molecule has 1 aromatic carbocycles. The Morgan fingerprint density at radius 2 is 1.86 bits per heavy atom. The lowest BCUT2D eigenvalue weighted by Gasteiger charge is -2.02. The molecule has 0 aliphatic carbocycles. The first-order chi connectivity index (χ1) is 10.5. The van der Waals surface area contributed by atoms with Gasteiger partial charge in [-0.15, -0.1) is 0 Å². The van der Waals surface area contributed by atoms with Crippen LogP contribution in [-0.2, 0) is 20.6 Å². The molecule has 0 aliphatic heterocycles. The molecule has 3 aromatic rings. The molecular formula is C14H14ClN5O2. The number of aromatic amines is 1. The van der Waals surface area contributed by atoms with Gasteiger partial charge in [-0.2, -0.15) is 4.98 Å². The summed E-state index contributed by atoms with van der Waals surface area (Å²) in [5.74, 6) is 0.434. The fourth-order valence-electron chi connectivity index (χ4n) is 2.20. The number of fused-ring (bicyclic) bond motifs is 1. The second-order valence-electron chi connectivity index (χ2n) is 4.97. The molecule has 0 atom stereocenters. The lowest BCUT2D eigenvalue weighted by molar-refractivity contribution is 0.709. The zero-order chi connectivity index (χ0) is 15.9. The molecule has 0 unspecified atom stereocenters. The Morgan fingerprint density at radius 3 is 2.55 bits per heavy atom. The number of benzene rings is 1. The number of H-pyrrole nitrogens is 1. The molecule has 0 aliphatic rings. The van der Waals surface area contributed by atoms with E-state index < -0.39 is 11.2 Å². The first kappa shape index (κ1) is 14.4. The summed E-state index contributed by atoms with van der Waals surface area (Å²) in [4.78, 5) is 31.1. The van der Waals surface area contributed by atoms with E-state index in [0.717, 1.165) is 10.1 Å². The van der Waals surface area contributed by atoms with Crippen LogP contribution in [0.25, 0.3) is 11.2 Å². The summed E-state index contributed by atoms with van der Waals surface area (Å²) >= 11 is 5.84. The largest absolute Gasteiger partial charge is 0.352 e. The molecule has 2 aromatic heterocycles. The molecule has 0 amide bonds. The molecule has 22 heavy (non-hydrogen) atoms. The van der Waals surface area contributed by atoms with Gasteiger partial charge in [0.15, 0.2) is 11.2 Å². The van der Waals surface area contributed by atoms with Crippen LogP contribution in [0.1, 0.15) is 5.56 Å². The topological polar surface area (TPSA) is 84.7 Å². The van der Waals surface area contributed by atoms with Crippen molar-refractivity contribution >= 4 is 28.7 Å². The second-order valence-corrected chi connectivity index (χ2v) is 5.41. The Bertz CT molecular complexity index is 952. The highest BCUT2D eigenvalue weighted by Gasteiger charge is 2.13. The lowest BCUT2D eigenvalue weighted by Crippen LogP contribution is -2.36. The van der Waals surface area contributed by atoms with Gasteiger partial charge in [0.25, 0.3) is 5.56 Å². The van der Waals surface area contributed by atoms with Gasteiger partial charge in [0.05, 0.1) is 0 Å². The molecule has 0 saturated carbocycles. The number of aryl methyl sites for hydroxylation is 1. The summed E-state index contributed by atoms with van der Waals surface area (Å²) in [5.41, 5.74) is 0.833. The number of hydrogen-bond donors (Lipinski definition) is 2. The van der Waals surface area contributed by atoms with E-state index in [2.05, 4.69) is 15.3 Å². The monoisotopic (exact) mass is 319 g/mol. The molecule has 114 valence electrons. The number of hydrogen-bond acceptors (Lipinski definition) is 4. The van der Waals surface area contributed by atoms with E-state index >= 15 is 0 Å². The van der Waals surface area contributed by atoms with Crippen LogP contribution >= 0.6 is 11.6 Å². The quantitative estimate of drug-likeness (QED) is 0.760. The fraction of sp³-hybridized carbons (Fsp3) is 0.214. The fourth-order valence-corrected chi connectivity index (χ4v) is 2.32. The van der Waals surface area contributed by atoms with Crippen molar-refractivity contribution in [2.45, 2.75) is 6.54 Å². The summed E-state index contributed by atoms with van der Waals surface area (Å²) in [6.07, 6.45) is 0. The Kier molecular flexibility index (Phi) is 3.50. The maximum Gasteiger partial charge on any atom is 0.332 e. The van der Waals surface area contributed by atoms with E-state index in [1.165, 1.54) is 11.6 Å². The molecule has 0 fully saturated rings. The predicted octanol–water partition coefficient (Wildman–Crippen LogP) is 1.23. The SMILES string of the molecule is Cn1c(=O)c2[nH]c(NCc3ccc(Cl)cc3)nc2n(C)c1=O. The van der Waals surface area contributed by atoms with Crippen molar-refractivity contribution in [3.8, 4) is 0 Å². The minimum atomic E-state index is -0.409. The van der Waals surface area contributed by atoms with Crippen LogP contribution in [0.4, 0.5) is 5.95 Å². The number of nitrogens with one attached hydrogen (secondary N) is 2. The predicted molar refractivity (Wildman–Crippen MR) is 85.4 cm³/mol. The van der Waals surface area contributed by atoms with Crippen molar-refractivity contribution in [1.29, 1.82) is 0 Å². The minimum Gasteiger partial charge on any atom is -0.352 e. The van der Waals surface area contributed by atoms with Gasteiger partial charge in [-0.1, -0.05) is 23.7 Å². The van der Waals surface area contributed by atoms with Crippen LogP contribution in [0, 0.1) is 0 Å². The Labute approximate surface area is 130 Å². The Balaban J connectivity index is 1.94. The number of aromatic nitrogens is 4. The van der Waals surface area contributed by atoms with Gasteiger partial charge in [-0.05, 0) is 17.7 Å². The zero-order valence-corrected chi connectivity index (χ0v) is 12.8. The highest BCUT2D eigenvalue weighted by Crippen LogP contribution is 2.12. The number of anilines is 1. The summed E-state index contributed by atoms with van der Waals surface area (Å²) in [6.45, 7) is 0.519. The molecule has 7 nitrogen and oxygen atoms in total. The van der Waals surface area contributed by atoms with Crippen LogP contribution in [0.15, 0.2) is 33.9 Å². The third-order valence-electron chi connectivity index (χ3n) is 3.47. The van der Waals surface area contributed by atoms with E-state index in [1.54, 1.807) is 19.2 Å². The van der Waals surface area contributed by atoms with Crippen molar-refractivity contribution in [2.75, 3.05) is 5.32 Å². The van der Waals surface area contributed by atoms with E-state index in [0.29, 0.717) is 28.7 Å². The van der Waals surface area contributed by atoms with Crippen LogP contribution in [0.5, 0.6) is 0 Å². The maximum absolute atomic E-state index is 12.1. The summed E-state index contributed by atoms with van der Waals surface area (Å²) in [6, 6.07) is 7.40. The molecular weight excluding hydrogens is 306 g/mol. The highest BCUT2D eigenvalue weighted by atomic mass is 35.5. The third-order valence-corrected chi connectivity index (χ3v) is 3.72. The van der Waals surface area contributed by atoms with E-state index in [1.807, 2.05) is 12.1 Å². The number of halogens is 1. The number of imidazole rings is 1. The van der Waals surface area contributed by atoms with Crippen LogP contribution < -0.4 is 16.6 Å². The molecule has 0 radical (unpaired) electrons. The van der Waals surface area contributed by atoms with Gasteiger partial charge < -0.3 is 10.3 Å². The summed E-state index contributed by atoms with van der Waals surface area (Å²) in [5, 5.41) is 3.76. The first-order valence-corrected chi connectivity index (χ1v) is 6.99. The van der Waals surface area contributed by atoms with Gasteiger partial charge in [0.1, 0.15) is 0 Å². The maximum atomic E-state index is 12.1. The van der Waals surface area contributed by atoms with E-state index in [4.69, 9.17) is 11.6 Å². The lowest BCUT2D eigenvalue weighted by atomic mass is 10.2. The van der Waals surface area contributed by atoms with Crippen molar-refractivity contribution in [3.63, 3.8) is 0 Å². The third kappa shape index (κ3) is 2.39. The molecule has 0 saturated heterocycles. The van der Waals surface area contributed by atoms with Gasteiger partial charge in [0.2, 0.25) is 5.95 Å². The summed E-state index contributed by atoms with van der Waals surface area (Å²) < 4.78 is 2.38. The summed E-state index contributed by atoms with van der Waals surface area (Å²) in [7, 11) is 3.01. The molecule has 0 bridgehead atoms. The van der Waals surface area contributed by atoms with E-state index in [-0.39, 0.29) is 0 Å². The average molecular weight is 320 g/mol. The molecule has 8 heteroatoms. The van der Waals surface area contributed by atoms with Gasteiger partial charge in [0, 0.05) is 25.7 Å². The highest BCUT2D eigenvalue weighted by molar-refractivity contribution is 6.30. The van der Waals surface area contributed by atoms with Crippen molar-refractivity contribution < 1.29 is 0 Å². The number of rotatable bonds is 3. The van der Waals surface area contributed by atoms with Crippen molar-refractivity contribution in [3.05, 3.63) is 55.7 Å². The standard InChI is InChI=1S/C14H14ClN5O2/c1-19-11-10(12(21)20(2)14(19)22)17-13(18-11)16-7-8-3-5-9(15)6-4-8/h3-6H,7H2,1-2H3,(H2,16,17,18). The normalized spacial score (nSPS) is 11.0. The van der Waals surface area contributed by atoms with Gasteiger partial charge in [-0.25, -0.2) is 4.79 Å². The van der Waals surface area contributed by atoms with Gasteiger partial charge >= 0.3 is 5.69 Å². The first-order valence-electron chi connectivity index (χ1n) is 6.61. The molecule has 2 N–H and O–H groups in total. The van der Waals surface area contributed by atoms with Crippen LogP contribution in [0.3, 0.4) is 0 Å². The number of nitrogens with zero attached hydrogens (tertiary/aromatic N) is 3. The van der Waals surface area contributed by atoms with Gasteiger partial charge in [-0.3, -0.25) is 13.9 Å². The minimum absolute atomic E-state index is 0.295. The van der Waals surface area contributed by atoms with E-state index in [9.17, 15) is 9.59 Å². The Morgan fingerprint density at radius 1 is 1.18 bits per heavy atom. The van der Waals surface area contributed by atoms with Crippen molar-refractivity contribution in [2.24, 2.45) is 14.1 Å². The molecule has 2 heterocycles. The Hall–Kier alpha value is -2.54.